The van der Waals surface area contributed by atoms with E-state index in [2.05, 4.69) is 0 Å². The Kier molecular flexibility index (Phi) is 6.23. The summed E-state index contributed by atoms with van der Waals surface area (Å²) in [6.07, 6.45) is -4.98. The van der Waals surface area contributed by atoms with Crippen LogP contribution in [0.5, 0.6) is 5.75 Å². The molecule has 0 aliphatic carbocycles. The number of carbonyl (C=O) groups excluding carboxylic acids is 1. The lowest BCUT2D eigenvalue weighted by Gasteiger charge is -2.28. The maximum absolute atomic E-state index is 13.3. The molecule has 1 unspecified atom stereocenters. The Labute approximate surface area is 179 Å². The van der Waals surface area contributed by atoms with Crippen LogP contribution in [0.25, 0.3) is 0 Å². The first-order chi connectivity index (χ1) is 14.4. The third-order valence-electron chi connectivity index (χ3n) is 4.95. The van der Waals surface area contributed by atoms with Crippen LogP contribution in [0.15, 0.2) is 48.5 Å². The molecule has 1 amide bonds. The molecule has 8 heteroatoms. The van der Waals surface area contributed by atoms with Crippen LogP contribution in [0, 0.1) is 0 Å². The highest BCUT2D eigenvalue weighted by atomic mass is 19.4. The second kappa shape index (κ2) is 8.42. The van der Waals surface area contributed by atoms with Gasteiger partial charge in [0, 0.05) is 12.1 Å². The van der Waals surface area contributed by atoms with Crippen molar-refractivity contribution in [3.8, 4) is 5.75 Å². The first kappa shape index (κ1) is 22.9. The summed E-state index contributed by atoms with van der Waals surface area (Å²) in [6.45, 7) is 5.36. The van der Waals surface area contributed by atoms with Crippen molar-refractivity contribution in [2.75, 3.05) is 13.1 Å². The lowest BCUT2D eigenvalue weighted by molar-refractivity contribution is -0.137. The maximum Gasteiger partial charge on any atom is 0.416 e. The van der Waals surface area contributed by atoms with Gasteiger partial charge in [-0.05, 0) is 44.9 Å². The van der Waals surface area contributed by atoms with E-state index in [1.165, 1.54) is 11.0 Å². The third-order valence-corrected chi connectivity index (χ3v) is 4.95. The summed E-state index contributed by atoms with van der Waals surface area (Å²) >= 11 is 0. The molecular formula is C23H26F3NO4. The van der Waals surface area contributed by atoms with E-state index in [0.717, 1.165) is 17.7 Å². The van der Waals surface area contributed by atoms with Gasteiger partial charge in [-0.1, -0.05) is 36.4 Å². The largest absolute Gasteiger partial charge is 0.488 e. The number of ether oxygens (including phenoxy) is 2. The standard InChI is InChI=1S/C23H26F3NO4/c1-21(2,3)31-20(28)27-12-11-22(29,15-27)18-10-9-17(23(24,25)26)13-19(18)30-14-16-7-5-4-6-8-16/h4-10,13,29H,11-12,14-15H2,1-3H3. The molecule has 5 nitrogen and oxygen atoms in total. The minimum Gasteiger partial charge on any atom is -0.488 e. The van der Waals surface area contributed by atoms with E-state index in [9.17, 15) is 23.1 Å². The SMILES string of the molecule is CC(C)(C)OC(=O)N1CCC(O)(c2ccc(C(F)(F)F)cc2OCc2ccccc2)C1. The summed E-state index contributed by atoms with van der Waals surface area (Å²) in [7, 11) is 0. The van der Waals surface area contributed by atoms with Crippen molar-refractivity contribution in [3.63, 3.8) is 0 Å². The van der Waals surface area contributed by atoms with Crippen molar-refractivity contribution in [3.05, 3.63) is 65.2 Å². The Balaban J connectivity index is 1.87. The number of halogens is 3. The zero-order chi connectivity index (χ0) is 22.9. The van der Waals surface area contributed by atoms with Gasteiger partial charge in [-0.25, -0.2) is 4.79 Å². The topological polar surface area (TPSA) is 59.0 Å². The molecule has 31 heavy (non-hydrogen) atoms. The number of β-amino-alcohol motifs (C(OH)–C–C–N with tert-alkyl or cyclic N) is 1. The van der Waals surface area contributed by atoms with Crippen LogP contribution in [-0.2, 0) is 23.1 Å². The van der Waals surface area contributed by atoms with Gasteiger partial charge in [0.25, 0.3) is 0 Å². The molecule has 1 atom stereocenters. The molecule has 168 valence electrons. The Morgan fingerprint density at radius 1 is 1.13 bits per heavy atom. The van der Waals surface area contributed by atoms with Crippen LogP contribution < -0.4 is 4.74 Å². The minimum absolute atomic E-state index is 0.0427. The Morgan fingerprint density at radius 2 is 1.81 bits per heavy atom. The highest BCUT2D eigenvalue weighted by Crippen LogP contribution is 2.41. The Hall–Kier alpha value is -2.74. The molecule has 0 radical (unpaired) electrons. The van der Waals surface area contributed by atoms with Gasteiger partial charge in [-0.3, -0.25) is 0 Å². The number of benzene rings is 2. The van der Waals surface area contributed by atoms with E-state index in [4.69, 9.17) is 9.47 Å². The van der Waals surface area contributed by atoms with Crippen molar-refractivity contribution in [2.45, 2.75) is 51.2 Å². The fourth-order valence-corrected chi connectivity index (χ4v) is 3.43. The number of likely N-dealkylation sites (tertiary alicyclic amines) is 1. The molecule has 1 heterocycles. The van der Waals surface area contributed by atoms with E-state index in [-0.39, 0.29) is 37.4 Å². The number of nitrogens with zero attached hydrogens (tertiary/aromatic N) is 1. The maximum atomic E-state index is 13.3. The second-order valence-corrected chi connectivity index (χ2v) is 8.67. The Bertz CT molecular complexity index is 925. The zero-order valence-corrected chi connectivity index (χ0v) is 17.7. The zero-order valence-electron chi connectivity index (χ0n) is 17.7. The molecule has 2 aromatic rings. The van der Waals surface area contributed by atoms with Crippen molar-refractivity contribution in [1.29, 1.82) is 0 Å². The van der Waals surface area contributed by atoms with Gasteiger partial charge < -0.3 is 19.5 Å². The summed E-state index contributed by atoms with van der Waals surface area (Å²) in [5.41, 5.74) is -2.13. The number of aliphatic hydroxyl groups is 1. The fraction of sp³-hybridized carbons (Fsp3) is 0.435. The molecule has 1 fully saturated rings. The smallest absolute Gasteiger partial charge is 0.416 e. The third kappa shape index (κ3) is 5.70. The monoisotopic (exact) mass is 437 g/mol. The lowest BCUT2D eigenvalue weighted by atomic mass is 9.91. The number of alkyl halides is 3. The average molecular weight is 437 g/mol. The summed E-state index contributed by atoms with van der Waals surface area (Å²) in [4.78, 5) is 13.7. The van der Waals surface area contributed by atoms with E-state index >= 15 is 0 Å². The minimum atomic E-state index is -4.55. The highest BCUT2D eigenvalue weighted by molar-refractivity contribution is 5.69. The summed E-state index contributed by atoms with van der Waals surface area (Å²) in [6, 6.07) is 12.0. The second-order valence-electron chi connectivity index (χ2n) is 8.67. The molecule has 1 aliphatic heterocycles. The normalized spacial score (nSPS) is 19.4. The lowest BCUT2D eigenvalue weighted by Crippen LogP contribution is -2.38. The van der Waals surface area contributed by atoms with Gasteiger partial charge in [0.1, 0.15) is 23.6 Å². The number of carbonyl (C=O) groups is 1. The van der Waals surface area contributed by atoms with E-state index in [1.54, 1.807) is 45.0 Å². The van der Waals surface area contributed by atoms with Crippen molar-refractivity contribution >= 4 is 6.09 Å². The molecule has 0 bridgehead atoms. The van der Waals surface area contributed by atoms with Gasteiger partial charge in [0.05, 0.1) is 12.1 Å². The summed E-state index contributed by atoms with van der Waals surface area (Å²) in [5.74, 6) is -0.0628. The molecule has 0 aromatic heterocycles. The first-order valence-electron chi connectivity index (χ1n) is 9.96. The van der Waals surface area contributed by atoms with Crippen molar-refractivity contribution in [2.24, 2.45) is 0 Å². The molecule has 1 saturated heterocycles. The van der Waals surface area contributed by atoms with Crippen LogP contribution >= 0.6 is 0 Å². The van der Waals surface area contributed by atoms with Gasteiger partial charge in [0.2, 0.25) is 0 Å². The van der Waals surface area contributed by atoms with Crippen LogP contribution in [0.2, 0.25) is 0 Å². The van der Waals surface area contributed by atoms with E-state index < -0.39 is 29.0 Å². The van der Waals surface area contributed by atoms with Gasteiger partial charge in [0.15, 0.2) is 0 Å². The van der Waals surface area contributed by atoms with Crippen LogP contribution in [0.3, 0.4) is 0 Å². The molecule has 2 aromatic carbocycles. The van der Waals surface area contributed by atoms with Crippen molar-refractivity contribution < 1.29 is 32.5 Å². The van der Waals surface area contributed by atoms with E-state index in [0.29, 0.717) is 0 Å². The number of hydrogen-bond acceptors (Lipinski definition) is 4. The molecule has 3 rings (SSSR count). The molecule has 0 spiro atoms. The average Bonchev–Trinajstić information content (AvgIpc) is 3.08. The van der Waals surface area contributed by atoms with Crippen LogP contribution in [0.1, 0.15) is 43.9 Å². The van der Waals surface area contributed by atoms with Gasteiger partial charge in [-0.15, -0.1) is 0 Å². The van der Waals surface area contributed by atoms with Crippen LogP contribution in [0.4, 0.5) is 18.0 Å². The molecule has 1 N–H and O–H groups in total. The number of rotatable bonds is 4. The van der Waals surface area contributed by atoms with E-state index in [1.807, 2.05) is 6.07 Å². The van der Waals surface area contributed by atoms with Gasteiger partial charge in [-0.2, -0.15) is 13.2 Å². The highest BCUT2D eigenvalue weighted by Gasteiger charge is 2.43. The number of hydrogen-bond donors (Lipinski definition) is 1. The van der Waals surface area contributed by atoms with Crippen molar-refractivity contribution in [1.82, 2.24) is 4.90 Å². The summed E-state index contributed by atoms with van der Waals surface area (Å²) < 4.78 is 50.9. The molecular weight excluding hydrogens is 411 g/mol. The van der Waals surface area contributed by atoms with Gasteiger partial charge >= 0.3 is 12.3 Å². The Morgan fingerprint density at radius 3 is 2.42 bits per heavy atom. The molecule has 1 aliphatic rings. The first-order valence-corrected chi connectivity index (χ1v) is 9.96. The quantitative estimate of drug-likeness (QED) is 0.722. The van der Waals surface area contributed by atoms with Crippen LogP contribution in [-0.4, -0.2) is 34.8 Å². The summed E-state index contributed by atoms with van der Waals surface area (Å²) in [5, 5.41) is 11.2. The predicted octanol–water partition coefficient (Wildman–Crippen LogP) is 5.11. The fourth-order valence-electron chi connectivity index (χ4n) is 3.43. The number of amides is 1. The molecule has 0 saturated carbocycles. The predicted molar refractivity (Wildman–Crippen MR) is 109 cm³/mol.